The molecular formula is C25H31Br3N6O5. The van der Waals surface area contributed by atoms with Crippen LogP contribution in [0.25, 0.3) is 0 Å². The van der Waals surface area contributed by atoms with E-state index in [9.17, 15) is 4.79 Å². The average molecular weight is 735 g/mol. The molecule has 0 atom stereocenters. The highest BCUT2D eigenvalue weighted by Gasteiger charge is 2.17. The number of aromatic nitrogens is 3. The fourth-order valence-corrected chi connectivity index (χ4v) is 4.70. The largest absolute Gasteiger partial charge is 0.480 e. The first kappa shape index (κ1) is 31.1. The lowest BCUT2D eigenvalue weighted by Gasteiger charge is -2.29. The van der Waals surface area contributed by atoms with Gasteiger partial charge in [0.25, 0.3) is 5.56 Å². The minimum atomic E-state index is -0.0462. The number of H-pyrrole nitrogens is 1. The minimum Gasteiger partial charge on any atom is -0.480 e. The summed E-state index contributed by atoms with van der Waals surface area (Å²) < 4.78 is 23.3. The molecular weight excluding hydrogens is 704 g/mol. The quantitative estimate of drug-likeness (QED) is 0.405. The molecule has 0 unspecified atom stereocenters. The molecule has 0 spiro atoms. The summed E-state index contributed by atoms with van der Waals surface area (Å²) in [6.07, 6.45) is 5.02. The van der Waals surface area contributed by atoms with Crippen molar-refractivity contribution in [2.24, 2.45) is 0 Å². The summed E-state index contributed by atoms with van der Waals surface area (Å²) in [7, 11) is 3.17. The lowest BCUT2D eigenvalue weighted by atomic mass is 10.3. The van der Waals surface area contributed by atoms with Crippen molar-refractivity contribution in [2.45, 2.75) is 0 Å². The van der Waals surface area contributed by atoms with E-state index in [1.165, 1.54) is 7.11 Å². The second kappa shape index (κ2) is 16.0. The normalized spacial score (nSPS) is 14.9. The lowest BCUT2D eigenvalue weighted by Crippen LogP contribution is -2.39. The molecule has 3 aromatic rings. The van der Waals surface area contributed by atoms with E-state index in [1.807, 2.05) is 17.0 Å². The van der Waals surface area contributed by atoms with Crippen LogP contribution in [-0.2, 0) is 9.47 Å². The fourth-order valence-electron chi connectivity index (χ4n) is 3.70. The van der Waals surface area contributed by atoms with Gasteiger partial charge in [-0.2, -0.15) is 0 Å². The number of nitrogens with one attached hydrogen (secondary N) is 1. The molecule has 11 nitrogen and oxygen atoms in total. The predicted molar refractivity (Wildman–Crippen MR) is 162 cm³/mol. The SMILES string of the molecule is COc1ncc(Br)cc1N.COc1ncc(Br)cc1N1CCOCC1.O=c1[nH]cc(Br)cc1N1CCOCC1. The monoisotopic (exact) mass is 732 g/mol. The summed E-state index contributed by atoms with van der Waals surface area (Å²) in [6, 6.07) is 5.60. The maximum absolute atomic E-state index is 11.5. The Morgan fingerprint density at radius 2 is 1.28 bits per heavy atom. The van der Waals surface area contributed by atoms with Gasteiger partial charge in [0, 0.05) is 58.2 Å². The van der Waals surface area contributed by atoms with E-state index in [4.69, 9.17) is 24.7 Å². The second-order valence-electron chi connectivity index (χ2n) is 8.17. The molecule has 2 aliphatic heterocycles. The van der Waals surface area contributed by atoms with E-state index in [1.54, 1.807) is 31.8 Å². The molecule has 0 radical (unpaired) electrons. The van der Waals surface area contributed by atoms with Gasteiger partial charge in [0.2, 0.25) is 11.8 Å². The van der Waals surface area contributed by atoms with Gasteiger partial charge in [0.05, 0.1) is 46.3 Å². The zero-order valence-corrected chi connectivity index (χ0v) is 26.4. The topological polar surface area (TPSA) is 128 Å². The van der Waals surface area contributed by atoms with Gasteiger partial charge < -0.3 is 39.5 Å². The number of nitrogen functional groups attached to an aromatic ring is 1. The summed E-state index contributed by atoms with van der Waals surface area (Å²) in [4.78, 5) is 26.6. The van der Waals surface area contributed by atoms with E-state index in [0.717, 1.165) is 58.5 Å². The fraction of sp³-hybridized carbons (Fsp3) is 0.400. The molecule has 3 aromatic heterocycles. The first-order valence-corrected chi connectivity index (χ1v) is 14.4. The Morgan fingerprint density at radius 1 is 0.795 bits per heavy atom. The van der Waals surface area contributed by atoms with Crippen LogP contribution in [0, 0.1) is 0 Å². The Bertz CT molecular complexity index is 1250. The Hall–Kier alpha value is -2.39. The number of rotatable bonds is 4. The summed E-state index contributed by atoms with van der Waals surface area (Å²) in [5.74, 6) is 1.13. The summed E-state index contributed by atoms with van der Waals surface area (Å²) in [5.41, 5.74) is 7.74. The maximum atomic E-state index is 11.5. The lowest BCUT2D eigenvalue weighted by molar-refractivity contribution is 0.122. The number of morpholine rings is 2. The third-order valence-electron chi connectivity index (χ3n) is 5.58. The average Bonchev–Trinajstić information content (AvgIpc) is 2.96. The number of ether oxygens (including phenoxy) is 4. The molecule has 0 saturated carbocycles. The van der Waals surface area contributed by atoms with Crippen molar-refractivity contribution in [3.63, 3.8) is 0 Å². The highest BCUT2D eigenvalue weighted by molar-refractivity contribution is 9.11. The van der Waals surface area contributed by atoms with Crippen LogP contribution >= 0.6 is 47.8 Å². The number of hydrogen-bond donors (Lipinski definition) is 2. The van der Waals surface area contributed by atoms with Crippen LogP contribution in [0.4, 0.5) is 17.1 Å². The van der Waals surface area contributed by atoms with Gasteiger partial charge in [-0.05, 0) is 66.0 Å². The van der Waals surface area contributed by atoms with Crippen molar-refractivity contribution in [3.8, 4) is 11.8 Å². The number of nitrogens with zero attached hydrogens (tertiary/aromatic N) is 4. The third kappa shape index (κ3) is 9.64. The van der Waals surface area contributed by atoms with Gasteiger partial charge in [0.1, 0.15) is 11.4 Å². The second-order valence-corrected chi connectivity index (χ2v) is 10.9. The van der Waals surface area contributed by atoms with Gasteiger partial charge in [-0.15, -0.1) is 0 Å². The Balaban J connectivity index is 0.000000165. The summed E-state index contributed by atoms with van der Waals surface area (Å²) in [6.45, 7) is 6.21. The Kier molecular flexibility index (Phi) is 12.8. The van der Waals surface area contributed by atoms with E-state index in [2.05, 4.69) is 67.6 Å². The van der Waals surface area contributed by atoms with Crippen molar-refractivity contribution in [1.82, 2.24) is 15.0 Å². The highest BCUT2D eigenvalue weighted by atomic mass is 79.9. The predicted octanol–water partition coefficient (Wildman–Crippen LogP) is 4.10. The number of anilines is 3. The molecule has 14 heteroatoms. The van der Waals surface area contributed by atoms with E-state index < -0.39 is 0 Å². The van der Waals surface area contributed by atoms with Crippen LogP contribution in [0.3, 0.4) is 0 Å². The smallest absolute Gasteiger partial charge is 0.271 e. The molecule has 5 heterocycles. The molecule has 0 bridgehead atoms. The molecule has 2 saturated heterocycles. The van der Waals surface area contributed by atoms with Crippen LogP contribution in [0.1, 0.15) is 0 Å². The number of halogens is 3. The molecule has 5 rings (SSSR count). The van der Waals surface area contributed by atoms with E-state index in [-0.39, 0.29) is 5.56 Å². The molecule has 0 amide bonds. The molecule has 2 fully saturated rings. The minimum absolute atomic E-state index is 0.0462. The Morgan fingerprint density at radius 3 is 1.82 bits per heavy atom. The molecule has 212 valence electrons. The number of hydrogen-bond acceptors (Lipinski definition) is 10. The molecule has 0 aromatic carbocycles. The van der Waals surface area contributed by atoms with E-state index in [0.29, 0.717) is 36.3 Å². The van der Waals surface area contributed by atoms with E-state index >= 15 is 0 Å². The Labute approximate surface area is 252 Å². The number of aromatic amines is 1. The maximum Gasteiger partial charge on any atom is 0.271 e. The number of pyridine rings is 3. The third-order valence-corrected chi connectivity index (χ3v) is 6.91. The van der Waals surface area contributed by atoms with Crippen LogP contribution in [0.5, 0.6) is 11.8 Å². The molecule has 0 aliphatic carbocycles. The standard InChI is InChI=1S/C10H13BrN2O2.C9H11BrN2O2.C6H7BrN2O/c1-14-10-9(6-8(11)7-12-10)13-2-4-15-5-3-13;10-7-5-8(9(13)11-6-7)12-1-3-14-4-2-12;1-10-6-5(8)2-4(7)3-9-6/h6-7H,2-5H2,1H3;5-6H,1-4H2,(H,11,13);2-3H,8H2,1H3. The van der Waals surface area contributed by atoms with Gasteiger partial charge in [-0.3, -0.25) is 4.79 Å². The zero-order valence-electron chi connectivity index (χ0n) is 21.7. The summed E-state index contributed by atoms with van der Waals surface area (Å²) in [5, 5.41) is 0. The van der Waals surface area contributed by atoms with Gasteiger partial charge >= 0.3 is 0 Å². The van der Waals surface area contributed by atoms with Gasteiger partial charge in [0.15, 0.2) is 0 Å². The van der Waals surface area contributed by atoms with Crippen LogP contribution in [0.2, 0.25) is 0 Å². The summed E-state index contributed by atoms with van der Waals surface area (Å²) >= 11 is 9.98. The number of nitrogens with two attached hydrogens (primary N) is 1. The van der Waals surface area contributed by atoms with Crippen molar-refractivity contribution >= 4 is 64.9 Å². The first-order chi connectivity index (χ1) is 18.8. The van der Waals surface area contributed by atoms with Crippen LogP contribution in [-0.4, -0.2) is 81.8 Å². The van der Waals surface area contributed by atoms with Crippen molar-refractivity contribution in [3.05, 3.63) is 60.6 Å². The first-order valence-electron chi connectivity index (χ1n) is 12.0. The van der Waals surface area contributed by atoms with Crippen LogP contribution in [0.15, 0.2) is 55.0 Å². The van der Waals surface area contributed by atoms with Crippen LogP contribution < -0.4 is 30.6 Å². The number of methoxy groups -OCH3 is 2. The van der Waals surface area contributed by atoms with Gasteiger partial charge in [-0.25, -0.2) is 9.97 Å². The van der Waals surface area contributed by atoms with Crippen molar-refractivity contribution in [1.29, 1.82) is 0 Å². The van der Waals surface area contributed by atoms with Crippen molar-refractivity contribution in [2.75, 3.05) is 82.4 Å². The molecule has 3 N–H and O–H groups in total. The van der Waals surface area contributed by atoms with Crippen molar-refractivity contribution < 1.29 is 18.9 Å². The molecule has 2 aliphatic rings. The van der Waals surface area contributed by atoms with Gasteiger partial charge in [-0.1, -0.05) is 0 Å². The zero-order chi connectivity index (χ0) is 28.2. The molecule has 39 heavy (non-hydrogen) atoms. The highest BCUT2D eigenvalue weighted by Crippen LogP contribution is 2.29.